The van der Waals surface area contributed by atoms with Gasteiger partial charge in [0.15, 0.2) is 11.6 Å². The molecule has 1 atom stereocenters. The van der Waals surface area contributed by atoms with E-state index >= 15 is 0 Å². The number of rotatable bonds is 3. The normalized spacial score (nSPS) is 12.3. The van der Waals surface area contributed by atoms with E-state index in [1.807, 2.05) is 0 Å². The van der Waals surface area contributed by atoms with Gasteiger partial charge in [0, 0.05) is 17.7 Å². The van der Waals surface area contributed by atoms with Crippen molar-refractivity contribution in [3.63, 3.8) is 0 Å². The molecule has 2 rings (SSSR count). The lowest BCUT2D eigenvalue weighted by Gasteiger charge is -2.14. The van der Waals surface area contributed by atoms with Gasteiger partial charge in [-0.2, -0.15) is 0 Å². The lowest BCUT2D eigenvalue weighted by atomic mass is 10.1. The molecule has 0 fully saturated rings. The van der Waals surface area contributed by atoms with Gasteiger partial charge in [-0.05, 0) is 31.5 Å². The van der Waals surface area contributed by atoms with Crippen LogP contribution in [0.3, 0.4) is 0 Å². The summed E-state index contributed by atoms with van der Waals surface area (Å²) in [6, 6.07) is 8.57. The summed E-state index contributed by atoms with van der Waals surface area (Å²) in [5.41, 5.74) is 6.82. The van der Waals surface area contributed by atoms with Crippen LogP contribution in [-0.2, 0) is 0 Å². The van der Waals surface area contributed by atoms with Gasteiger partial charge in [0.05, 0.1) is 0 Å². The van der Waals surface area contributed by atoms with Crippen LogP contribution in [0.25, 0.3) is 0 Å². The highest BCUT2D eigenvalue weighted by atomic mass is 19.1. The van der Waals surface area contributed by atoms with E-state index < -0.39 is 11.6 Å². The van der Waals surface area contributed by atoms with Crippen LogP contribution < -0.4 is 10.5 Å². The first-order valence-corrected chi connectivity index (χ1v) is 5.97. The number of halogens is 2. The van der Waals surface area contributed by atoms with Crippen molar-refractivity contribution in [2.45, 2.75) is 19.9 Å². The highest BCUT2D eigenvalue weighted by molar-refractivity contribution is 5.41. The zero-order chi connectivity index (χ0) is 14.0. The largest absolute Gasteiger partial charge is 0.454 e. The van der Waals surface area contributed by atoms with Gasteiger partial charge >= 0.3 is 0 Å². The van der Waals surface area contributed by atoms with E-state index in [4.69, 9.17) is 10.5 Å². The molecule has 0 bridgehead atoms. The predicted molar refractivity (Wildman–Crippen MR) is 70.2 cm³/mol. The second kappa shape index (κ2) is 5.36. The van der Waals surface area contributed by atoms with Crippen LogP contribution >= 0.6 is 0 Å². The fraction of sp³-hybridized carbons (Fsp3) is 0.200. The van der Waals surface area contributed by atoms with Gasteiger partial charge in [0.2, 0.25) is 0 Å². The molecule has 4 heteroatoms. The lowest BCUT2D eigenvalue weighted by molar-refractivity contribution is 0.429. The molecular formula is C15H15F2NO. The Morgan fingerprint density at radius 3 is 2.47 bits per heavy atom. The van der Waals surface area contributed by atoms with Crippen molar-refractivity contribution in [1.82, 2.24) is 0 Å². The molecule has 0 radical (unpaired) electrons. The van der Waals surface area contributed by atoms with Gasteiger partial charge in [-0.15, -0.1) is 0 Å². The molecule has 19 heavy (non-hydrogen) atoms. The number of nitrogens with two attached hydrogens (primary N) is 1. The van der Waals surface area contributed by atoms with Crippen molar-refractivity contribution >= 4 is 0 Å². The summed E-state index contributed by atoms with van der Waals surface area (Å²) in [4.78, 5) is 0. The van der Waals surface area contributed by atoms with E-state index in [1.54, 1.807) is 38.1 Å². The molecule has 0 saturated heterocycles. The highest BCUT2D eigenvalue weighted by Gasteiger charge is 2.14. The molecule has 0 saturated carbocycles. The molecule has 100 valence electrons. The average molecular weight is 263 g/mol. The van der Waals surface area contributed by atoms with Gasteiger partial charge < -0.3 is 10.5 Å². The molecule has 0 heterocycles. The first-order chi connectivity index (χ1) is 8.99. The molecule has 2 nitrogen and oxygen atoms in total. The van der Waals surface area contributed by atoms with Crippen LogP contribution in [0, 0.1) is 18.6 Å². The standard InChI is InChI=1S/C15H15F2NO/c1-9-6-7-11(8-14(9)17)19-15-12(10(2)18)4-3-5-13(15)16/h3-8,10H,18H2,1-2H3. The minimum atomic E-state index is -0.518. The van der Waals surface area contributed by atoms with Crippen molar-refractivity contribution in [1.29, 1.82) is 0 Å². The van der Waals surface area contributed by atoms with E-state index in [9.17, 15) is 8.78 Å². The number of benzene rings is 2. The minimum Gasteiger partial charge on any atom is -0.454 e. The Bertz CT molecular complexity index is 597. The summed E-state index contributed by atoms with van der Waals surface area (Å²) in [6.45, 7) is 3.38. The van der Waals surface area contributed by atoms with Crippen molar-refractivity contribution in [3.05, 3.63) is 59.2 Å². The second-order valence-electron chi connectivity index (χ2n) is 4.46. The SMILES string of the molecule is Cc1ccc(Oc2c(F)cccc2C(C)N)cc1F. The molecule has 2 N–H and O–H groups in total. The summed E-state index contributed by atoms with van der Waals surface area (Å²) in [6.07, 6.45) is 0. The Morgan fingerprint density at radius 2 is 1.84 bits per heavy atom. The second-order valence-corrected chi connectivity index (χ2v) is 4.46. The molecule has 2 aromatic rings. The molecule has 1 unspecified atom stereocenters. The van der Waals surface area contributed by atoms with Crippen LogP contribution in [-0.4, -0.2) is 0 Å². The zero-order valence-electron chi connectivity index (χ0n) is 10.8. The Morgan fingerprint density at radius 1 is 1.11 bits per heavy atom. The van der Waals surface area contributed by atoms with E-state index in [0.717, 1.165) is 0 Å². The maximum Gasteiger partial charge on any atom is 0.167 e. The van der Waals surface area contributed by atoms with Crippen LogP contribution in [0.1, 0.15) is 24.1 Å². The molecule has 0 aliphatic carbocycles. The average Bonchev–Trinajstić information content (AvgIpc) is 2.36. The predicted octanol–water partition coefficient (Wildman–Crippen LogP) is 4.09. The van der Waals surface area contributed by atoms with Crippen LogP contribution in [0.15, 0.2) is 36.4 Å². The fourth-order valence-electron chi connectivity index (χ4n) is 1.75. The van der Waals surface area contributed by atoms with Gasteiger partial charge in [-0.25, -0.2) is 8.78 Å². The zero-order valence-corrected chi connectivity index (χ0v) is 10.8. The van der Waals surface area contributed by atoms with E-state index in [0.29, 0.717) is 11.1 Å². The van der Waals surface area contributed by atoms with E-state index in [2.05, 4.69) is 0 Å². The number of ether oxygens (including phenoxy) is 1. The number of hydrogen-bond acceptors (Lipinski definition) is 2. The van der Waals surface area contributed by atoms with Crippen molar-refractivity contribution in [3.8, 4) is 11.5 Å². The third kappa shape index (κ3) is 2.90. The summed E-state index contributed by atoms with van der Waals surface area (Å²) >= 11 is 0. The Hall–Kier alpha value is -1.94. The summed E-state index contributed by atoms with van der Waals surface area (Å²) in [5.74, 6) is -0.622. The smallest absolute Gasteiger partial charge is 0.167 e. The third-order valence-electron chi connectivity index (χ3n) is 2.85. The molecule has 0 aliphatic heterocycles. The van der Waals surface area contributed by atoms with Crippen LogP contribution in [0.2, 0.25) is 0 Å². The molecule has 0 spiro atoms. The fourth-order valence-corrected chi connectivity index (χ4v) is 1.75. The van der Waals surface area contributed by atoms with Crippen LogP contribution in [0.4, 0.5) is 8.78 Å². The number of aryl methyl sites for hydroxylation is 1. The van der Waals surface area contributed by atoms with Crippen LogP contribution in [0.5, 0.6) is 11.5 Å². The van der Waals surface area contributed by atoms with Gasteiger partial charge in [-0.1, -0.05) is 18.2 Å². The highest BCUT2D eigenvalue weighted by Crippen LogP contribution is 2.32. The van der Waals surface area contributed by atoms with Gasteiger partial charge in [0.25, 0.3) is 0 Å². The first-order valence-electron chi connectivity index (χ1n) is 5.97. The third-order valence-corrected chi connectivity index (χ3v) is 2.85. The molecule has 0 aromatic heterocycles. The maximum absolute atomic E-state index is 13.8. The number of hydrogen-bond donors (Lipinski definition) is 1. The molecule has 2 aromatic carbocycles. The summed E-state index contributed by atoms with van der Waals surface area (Å²) in [5, 5.41) is 0. The Kier molecular flexibility index (Phi) is 3.81. The Labute approximate surface area is 110 Å². The Balaban J connectivity index is 2.40. The van der Waals surface area contributed by atoms with Crippen molar-refractivity contribution in [2.24, 2.45) is 5.73 Å². The first kappa shape index (κ1) is 13.5. The summed E-state index contributed by atoms with van der Waals surface area (Å²) in [7, 11) is 0. The molecule has 0 aliphatic rings. The van der Waals surface area contributed by atoms with Gasteiger partial charge in [-0.3, -0.25) is 0 Å². The van der Waals surface area contributed by atoms with Crippen molar-refractivity contribution in [2.75, 3.05) is 0 Å². The molecule has 0 amide bonds. The number of para-hydroxylation sites is 1. The van der Waals surface area contributed by atoms with E-state index in [1.165, 1.54) is 12.1 Å². The van der Waals surface area contributed by atoms with E-state index in [-0.39, 0.29) is 17.5 Å². The van der Waals surface area contributed by atoms with Crippen molar-refractivity contribution < 1.29 is 13.5 Å². The van der Waals surface area contributed by atoms with Gasteiger partial charge in [0.1, 0.15) is 11.6 Å². The minimum absolute atomic E-state index is 0.0424. The maximum atomic E-state index is 13.8. The quantitative estimate of drug-likeness (QED) is 0.905. The lowest BCUT2D eigenvalue weighted by Crippen LogP contribution is -2.07. The monoisotopic (exact) mass is 263 g/mol. The topological polar surface area (TPSA) is 35.2 Å². The summed E-state index contributed by atoms with van der Waals surface area (Å²) < 4.78 is 32.7. The molecular weight excluding hydrogens is 248 g/mol.